The van der Waals surface area contributed by atoms with E-state index in [-0.39, 0.29) is 41.5 Å². The maximum Gasteiger partial charge on any atom is 0.337 e. The number of rotatable bonds is 10. The highest BCUT2D eigenvalue weighted by molar-refractivity contribution is 5.89. The summed E-state index contributed by atoms with van der Waals surface area (Å²) in [6.07, 6.45) is 9.46. The van der Waals surface area contributed by atoms with Gasteiger partial charge in [0.15, 0.2) is 0 Å². The van der Waals surface area contributed by atoms with E-state index in [9.17, 15) is 19.8 Å². The summed E-state index contributed by atoms with van der Waals surface area (Å²) in [5.74, 6) is -0.114. The second kappa shape index (κ2) is 10.8. The van der Waals surface area contributed by atoms with Crippen LogP contribution in [-0.4, -0.2) is 41.3 Å². The molecule has 32 heavy (non-hydrogen) atoms. The number of Topliss-reactive ketones (excluding diaryl/α,β-unsaturated/α-hetero) is 1. The van der Waals surface area contributed by atoms with Gasteiger partial charge >= 0.3 is 5.97 Å². The van der Waals surface area contributed by atoms with Crippen LogP contribution < -0.4 is 0 Å². The number of hydrogen-bond donors (Lipinski definition) is 2. The molecule has 2 saturated carbocycles. The van der Waals surface area contributed by atoms with E-state index in [1.165, 1.54) is 13.5 Å². The number of aliphatic hydroxyl groups excluding tert-OH is 2. The number of benzene rings is 1. The van der Waals surface area contributed by atoms with Crippen LogP contribution in [0.4, 0.5) is 0 Å². The lowest BCUT2D eigenvalue weighted by Gasteiger charge is -2.46. The summed E-state index contributed by atoms with van der Waals surface area (Å²) in [5, 5.41) is 21.3. The Morgan fingerprint density at radius 2 is 1.94 bits per heavy atom. The molecule has 0 radical (unpaired) electrons. The molecule has 2 aliphatic carbocycles. The molecule has 0 amide bonds. The van der Waals surface area contributed by atoms with Crippen molar-refractivity contribution in [2.24, 2.45) is 23.2 Å². The van der Waals surface area contributed by atoms with Gasteiger partial charge in [0.05, 0.1) is 24.9 Å². The zero-order valence-electron chi connectivity index (χ0n) is 19.6. The molecule has 5 heteroatoms. The van der Waals surface area contributed by atoms with E-state index in [0.717, 1.165) is 24.8 Å². The molecule has 4 atom stereocenters. The Morgan fingerprint density at radius 3 is 2.50 bits per heavy atom. The van der Waals surface area contributed by atoms with E-state index >= 15 is 0 Å². The first-order valence-corrected chi connectivity index (χ1v) is 12.0. The van der Waals surface area contributed by atoms with E-state index < -0.39 is 6.10 Å². The van der Waals surface area contributed by atoms with Gasteiger partial charge in [-0.15, -0.1) is 0 Å². The van der Waals surface area contributed by atoms with Gasteiger partial charge in [0.1, 0.15) is 5.78 Å². The summed E-state index contributed by atoms with van der Waals surface area (Å²) in [6.45, 7) is 4.41. The van der Waals surface area contributed by atoms with Gasteiger partial charge in [0.2, 0.25) is 0 Å². The molecular formula is C27H38O5. The predicted molar refractivity (Wildman–Crippen MR) is 124 cm³/mol. The second-order valence-corrected chi connectivity index (χ2v) is 10.1. The number of carbonyl (C=O) groups is 2. The van der Waals surface area contributed by atoms with Gasteiger partial charge in [-0.2, -0.15) is 0 Å². The summed E-state index contributed by atoms with van der Waals surface area (Å²) in [7, 11) is 1.36. The number of aryl methyl sites for hydroxylation is 1. The second-order valence-electron chi connectivity index (χ2n) is 10.1. The first-order valence-electron chi connectivity index (χ1n) is 12.0. The molecule has 1 aromatic carbocycles. The van der Waals surface area contributed by atoms with Gasteiger partial charge in [-0.25, -0.2) is 4.79 Å². The number of carbonyl (C=O) groups excluding carboxylic acids is 2. The molecule has 0 saturated heterocycles. The molecule has 2 aliphatic rings. The third-order valence-corrected chi connectivity index (χ3v) is 7.44. The lowest BCUT2D eigenvalue weighted by Crippen LogP contribution is -2.42. The Balaban J connectivity index is 1.58. The van der Waals surface area contributed by atoms with Crippen LogP contribution in [0.15, 0.2) is 36.4 Å². The molecule has 1 aromatic rings. The monoisotopic (exact) mass is 442 g/mol. The molecule has 2 fully saturated rings. The number of methoxy groups -OCH3 is 1. The minimum Gasteiger partial charge on any atom is -0.465 e. The van der Waals surface area contributed by atoms with E-state index in [4.69, 9.17) is 4.74 Å². The molecule has 0 aliphatic heterocycles. The van der Waals surface area contributed by atoms with E-state index in [1.807, 2.05) is 24.3 Å². The third kappa shape index (κ3) is 5.68. The van der Waals surface area contributed by atoms with E-state index in [2.05, 4.69) is 13.8 Å². The highest BCUT2D eigenvalue weighted by Crippen LogP contribution is 2.49. The standard InChI is InChI=1S/C27H38O5/c1-18(2)17-27(14-5-15-27)25(30)7-4-6-21-22(24(29)16-23(21)28)13-10-19-8-11-20(12-9-19)26(31)32-3/h4,6,8-9,11-12,18,21-23,25,28,30H,5,7,10,13-17H2,1-3H3/b6-4+/t21-,22-,23?,25?/m1/s1. The smallest absolute Gasteiger partial charge is 0.337 e. The molecule has 2 unspecified atom stereocenters. The number of esters is 1. The largest absolute Gasteiger partial charge is 0.465 e. The highest BCUT2D eigenvalue weighted by Gasteiger charge is 2.43. The summed E-state index contributed by atoms with van der Waals surface area (Å²) < 4.78 is 4.73. The molecule has 0 spiro atoms. The molecule has 5 nitrogen and oxygen atoms in total. The predicted octanol–water partition coefficient (Wildman–Crippen LogP) is 4.50. The number of hydrogen-bond acceptors (Lipinski definition) is 5. The van der Waals surface area contributed by atoms with Crippen molar-refractivity contribution in [2.45, 2.75) is 77.4 Å². The Hall–Kier alpha value is -1.98. The van der Waals surface area contributed by atoms with Crippen LogP contribution in [0.1, 0.15) is 74.7 Å². The molecule has 0 heterocycles. The van der Waals surface area contributed by atoms with Crippen molar-refractivity contribution in [3.63, 3.8) is 0 Å². The van der Waals surface area contributed by atoms with Crippen LogP contribution in [0.3, 0.4) is 0 Å². The Labute approximate surface area is 191 Å². The fourth-order valence-electron chi connectivity index (χ4n) is 5.57. The maximum atomic E-state index is 12.5. The fourth-order valence-corrected chi connectivity index (χ4v) is 5.57. The van der Waals surface area contributed by atoms with Gasteiger partial charge in [0.25, 0.3) is 0 Å². The van der Waals surface area contributed by atoms with Gasteiger partial charge in [-0.1, -0.05) is 44.6 Å². The lowest BCUT2D eigenvalue weighted by atomic mass is 9.60. The molecule has 0 aromatic heterocycles. The highest BCUT2D eigenvalue weighted by atomic mass is 16.5. The van der Waals surface area contributed by atoms with Crippen LogP contribution in [0, 0.1) is 23.2 Å². The van der Waals surface area contributed by atoms with Gasteiger partial charge in [0, 0.05) is 18.3 Å². The molecule has 2 N–H and O–H groups in total. The average molecular weight is 443 g/mol. The summed E-state index contributed by atoms with van der Waals surface area (Å²) in [4.78, 5) is 24.1. The zero-order valence-corrected chi connectivity index (χ0v) is 19.6. The molecular weight excluding hydrogens is 404 g/mol. The Morgan fingerprint density at radius 1 is 1.25 bits per heavy atom. The first kappa shape index (κ1) is 24.7. The fraction of sp³-hybridized carbons (Fsp3) is 0.630. The lowest BCUT2D eigenvalue weighted by molar-refractivity contribution is -0.121. The van der Waals surface area contributed by atoms with Gasteiger partial charge < -0.3 is 14.9 Å². The van der Waals surface area contributed by atoms with Crippen molar-refractivity contribution in [3.05, 3.63) is 47.5 Å². The number of ketones is 1. The van der Waals surface area contributed by atoms with Crippen molar-refractivity contribution < 1.29 is 24.5 Å². The Kier molecular flexibility index (Phi) is 8.29. The number of ether oxygens (including phenoxy) is 1. The van der Waals surface area contributed by atoms with Crippen molar-refractivity contribution in [1.82, 2.24) is 0 Å². The minimum absolute atomic E-state index is 0.0401. The molecule has 3 rings (SSSR count). The normalized spacial score (nSPS) is 25.8. The summed E-state index contributed by atoms with van der Waals surface area (Å²) in [6, 6.07) is 7.24. The topological polar surface area (TPSA) is 83.8 Å². The quantitative estimate of drug-likeness (QED) is 0.412. The summed E-state index contributed by atoms with van der Waals surface area (Å²) >= 11 is 0. The van der Waals surface area contributed by atoms with Crippen molar-refractivity contribution >= 4 is 11.8 Å². The van der Waals surface area contributed by atoms with Crippen LogP contribution in [0.5, 0.6) is 0 Å². The first-order chi connectivity index (χ1) is 15.3. The SMILES string of the molecule is COC(=O)c1ccc(CC[C@H]2C(=O)CC(O)[C@@H]2/C=C/CC(O)C2(CC(C)C)CCC2)cc1. The zero-order chi connectivity index (χ0) is 23.3. The Bertz CT molecular complexity index is 806. The molecule has 176 valence electrons. The van der Waals surface area contributed by atoms with E-state index in [1.54, 1.807) is 12.1 Å². The van der Waals surface area contributed by atoms with Gasteiger partial charge in [-0.05, 0) is 67.6 Å². The van der Waals surface area contributed by atoms with Crippen LogP contribution in [0.25, 0.3) is 0 Å². The minimum atomic E-state index is -0.657. The van der Waals surface area contributed by atoms with Crippen LogP contribution in [0.2, 0.25) is 0 Å². The van der Waals surface area contributed by atoms with Gasteiger partial charge in [-0.3, -0.25) is 4.79 Å². The average Bonchev–Trinajstić information content (AvgIpc) is 3.01. The van der Waals surface area contributed by atoms with Crippen molar-refractivity contribution in [2.75, 3.05) is 7.11 Å². The van der Waals surface area contributed by atoms with E-state index in [0.29, 0.717) is 30.7 Å². The summed E-state index contributed by atoms with van der Waals surface area (Å²) in [5.41, 5.74) is 1.59. The molecule has 0 bridgehead atoms. The van der Waals surface area contributed by atoms with Crippen molar-refractivity contribution in [3.8, 4) is 0 Å². The van der Waals surface area contributed by atoms with Crippen molar-refractivity contribution in [1.29, 1.82) is 0 Å². The number of aliphatic hydroxyl groups is 2. The van der Waals surface area contributed by atoms with Crippen LogP contribution in [-0.2, 0) is 16.0 Å². The maximum absolute atomic E-state index is 12.5. The third-order valence-electron chi connectivity index (χ3n) is 7.44. The van der Waals surface area contributed by atoms with Crippen LogP contribution >= 0.6 is 0 Å².